The molecule has 1 atom stereocenters. The Bertz CT molecular complexity index is 639. The fraction of sp³-hybridized carbons (Fsp3) is 0.400. The van der Waals surface area contributed by atoms with E-state index in [9.17, 15) is 5.11 Å². The minimum Gasteiger partial charge on any atom is -0.497 e. The van der Waals surface area contributed by atoms with E-state index in [1.54, 1.807) is 14.2 Å². The van der Waals surface area contributed by atoms with Gasteiger partial charge in [0.2, 0.25) is 0 Å². The van der Waals surface area contributed by atoms with Gasteiger partial charge in [-0.05, 0) is 54.2 Å². The Morgan fingerprint density at radius 2 is 1.79 bits per heavy atom. The molecule has 2 aromatic carbocycles. The highest BCUT2D eigenvalue weighted by molar-refractivity contribution is 5.41. The summed E-state index contributed by atoms with van der Waals surface area (Å²) in [7, 11) is 3.30. The standard InChI is InChI=1S/C20H26O4/c1-23-18-7-3-5-16(12-18)11-17(14-22)19-9-8-15(6-4-10-21)13-20(19)24-2/h3,5,7-9,12-13,17,21-22H,4,6,10-11,14H2,1-2H3. The van der Waals surface area contributed by atoms with Gasteiger partial charge in [0.1, 0.15) is 11.5 Å². The molecule has 2 N–H and O–H groups in total. The summed E-state index contributed by atoms with van der Waals surface area (Å²) in [6.45, 7) is 0.225. The van der Waals surface area contributed by atoms with E-state index in [-0.39, 0.29) is 19.1 Å². The summed E-state index contributed by atoms with van der Waals surface area (Å²) >= 11 is 0. The van der Waals surface area contributed by atoms with Crippen molar-refractivity contribution in [1.82, 2.24) is 0 Å². The van der Waals surface area contributed by atoms with Crippen molar-refractivity contribution in [2.45, 2.75) is 25.2 Å². The second-order valence-electron chi connectivity index (χ2n) is 5.84. The maximum absolute atomic E-state index is 9.88. The molecular weight excluding hydrogens is 304 g/mol. The van der Waals surface area contributed by atoms with Gasteiger partial charge in [-0.1, -0.05) is 24.3 Å². The van der Waals surface area contributed by atoms with Gasteiger partial charge in [0.05, 0.1) is 20.8 Å². The van der Waals surface area contributed by atoms with Crippen molar-refractivity contribution in [2.75, 3.05) is 27.4 Å². The number of aliphatic hydroxyl groups is 2. The van der Waals surface area contributed by atoms with Crippen LogP contribution in [-0.2, 0) is 12.8 Å². The second-order valence-corrected chi connectivity index (χ2v) is 5.84. The van der Waals surface area contributed by atoms with Crippen molar-refractivity contribution < 1.29 is 19.7 Å². The molecule has 0 amide bonds. The summed E-state index contributed by atoms with van der Waals surface area (Å²) in [5.74, 6) is 1.56. The molecule has 4 nitrogen and oxygen atoms in total. The van der Waals surface area contributed by atoms with Crippen molar-refractivity contribution in [3.63, 3.8) is 0 Å². The van der Waals surface area contributed by atoms with E-state index in [4.69, 9.17) is 14.6 Å². The smallest absolute Gasteiger partial charge is 0.122 e. The van der Waals surface area contributed by atoms with Crippen molar-refractivity contribution in [3.8, 4) is 11.5 Å². The molecule has 24 heavy (non-hydrogen) atoms. The third kappa shape index (κ3) is 4.73. The molecule has 2 rings (SSSR count). The number of methoxy groups -OCH3 is 2. The first-order valence-corrected chi connectivity index (χ1v) is 8.23. The summed E-state index contributed by atoms with van der Waals surface area (Å²) in [5.41, 5.74) is 3.23. The van der Waals surface area contributed by atoms with E-state index < -0.39 is 0 Å². The van der Waals surface area contributed by atoms with Crippen molar-refractivity contribution in [1.29, 1.82) is 0 Å². The first-order valence-electron chi connectivity index (χ1n) is 8.23. The molecule has 1 unspecified atom stereocenters. The lowest BCUT2D eigenvalue weighted by Crippen LogP contribution is -2.10. The Kier molecular flexibility index (Phi) is 7.09. The van der Waals surface area contributed by atoms with Crippen LogP contribution in [0.4, 0.5) is 0 Å². The topological polar surface area (TPSA) is 58.9 Å². The van der Waals surface area contributed by atoms with Crippen molar-refractivity contribution in [3.05, 3.63) is 59.2 Å². The molecule has 0 radical (unpaired) electrons. The maximum atomic E-state index is 9.88. The van der Waals surface area contributed by atoms with Gasteiger partial charge in [0.25, 0.3) is 0 Å². The third-order valence-corrected chi connectivity index (χ3v) is 4.20. The van der Waals surface area contributed by atoms with Crippen LogP contribution in [-0.4, -0.2) is 37.6 Å². The summed E-state index contributed by atoms with van der Waals surface area (Å²) in [4.78, 5) is 0. The van der Waals surface area contributed by atoms with Crippen LogP contribution >= 0.6 is 0 Å². The number of hydrogen-bond donors (Lipinski definition) is 2. The molecule has 0 bridgehead atoms. The fourth-order valence-electron chi connectivity index (χ4n) is 2.89. The van der Waals surface area contributed by atoms with Gasteiger partial charge in [0, 0.05) is 12.5 Å². The highest BCUT2D eigenvalue weighted by Crippen LogP contribution is 2.31. The zero-order valence-corrected chi connectivity index (χ0v) is 14.4. The van der Waals surface area contributed by atoms with Crippen LogP contribution in [0.3, 0.4) is 0 Å². The summed E-state index contributed by atoms with van der Waals surface area (Å²) < 4.78 is 10.8. The molecule has 4 heteroatoms. The van der Waals surface area contributed by atoms with Gasteiger partial charge in [-0.3, -0.25) is 0 Å². The Hall–Kier alpha value is -2.04. The van der Waals surface area contributed by atoms with Gasteiger partial charge in [-0.2, -0.15) is 0 Å². The van der Waals surface area contributed by atoms with Crippen LogP contribution in [0.2, 0.25) is 0 Å². The average molecular weight is 330 g/mol. The molecule has 0 aliphatic carbocycles. The first kappa shape index (κ1) is 18.3. The monoisotopic (exact) mass is 330 g/mol. The van der Waals surface area contributed by atoms with Gasteiger partial charge in [-0.25, -0.2) is 0 Å². The van der Waals surface area contributed by atoms with Crippen LogP contribution in [0.1, 0.15) is 29.0 Å². The molecule has 130 valence electrons. The molecule has 0 aromatic heterocycles. The Morgan fingerprint density at radius 1 is 0.958 bits per heavy atom. The Labute approximate surface area is 143 Å². The van der Waals surface area contributed by atoms with E-state index >= 15 is 0 Å². The minimum atomic E-state index is -0.0426. The molecule has 0 saturated carbocycles. The van der Waals surface area contributed by atoms with E-state index in [0.29, 0.717) is 6.42 Å². The van der Waals surface area contributed by atoms with E-state index in [1.165, 1.54) is 0 Å². The van der Waals surface area contributed by atoms with Gasteiger partial charge >= 0.3 is 0 Å². The quantitative estimate of drug-likeness (QED) is 0.742. The van der Waals surface area contributed by atoms with Crippen LogP contribution in [0.25, 0.3) is 0 Å². The lowest BCUT2D eigenvalue weighted by Gasteiger charge is -2.19. The molecule has 0 fully saturated rings. The molecule has 2 aromatic rings. The number of aryl methyl sites for hydroxylation is 1. The summed E-state index contributed by atoms with van der Waals surface area (Å²) in [6.07, 6.45) is 2.25. The maximum Gasteiger partial charge on any atom is 0.122 e. The van der Waals surface area contributed by atoms with Crippen LogP contribution < -0.4 is 9.47 Å². The predicted molar refractivity (Wildman–Crippen MR) is 94.9 cm³/mol. The molecule has 0 spiro atoms. The van der Waals surface area contributed by atoms with Gasteiger partial charge in [-0.15, -0.1) is 0 Å². The van der Waals surface area contributed by atoms with E-state index in [0.717, 1.165) is 41.0 Å². The van der Waals surface area contributed by atoms with Crippen LogP contribution in [0.5, 0.6) is 11.5 Å². The Morgan fingerprint density at radius 3 is 2.46 bits per heavy atom. The average Bonchev–Trinajstić information content (AvgIpc) is 2.64. The number of benzene rings is 2. The number of aliphatic hydroxyl groups excluding tert-OH is 2. The van der Waals surface area contributed by atoms with Crippen molar-refractivity contribution in [2.24, 2.45) is 0 Å². The summed E-state index contributed by atoms with van der Waals surface area (Å²) in [6, 6.07) is 14.0. The zero-order valence-electron chi connectivity index (χ0n) is 14.4. The lowest BCUT2D eigenvalue weighted by molar-refractivity contribution is 0.261. The van der Waals surface area contributed by atoms with Crippen LogP contribution in [0, 0.1) is 0 Å². The number of ether oxygens (including phenoxy) is 2. The second kappa shape index (κ2) is 9.30. The molecular formula is C20H26O4. The zero-order chi connectivity index (χ0) is 17.4. The molecule has 0 aliphatic heterocycles. The third-order valence-electron chi connectivity index (χ3n) is 4.20. The normalized spacial score (nSPS) is 12.0. The van der Waals surface area contributed by atoms with E-state index in [1.807, 2.05) is 42.5 Å². The van der Waals surface area contributed by atoms with Crippen LogP contribution in [0.15, 0.2) is 42.5 Å². The highest BCUT2D eigenvalue weighted by Gasteiger charge is 2.17. The first-order chi connectivity index (χ1) is 11.7. The SMILES string of the molecule is COc1cccc(CC(CO)c2ccc(CCCO)cc2OC)c1. The van der Waals surface area contributed by atoms with Crippen molar-refractivity contribution >= 4 is 0 Å². The lowest BCUT2D eigenvalue weighted by atomic mass is 9.90. The molecule has 0 heterocycles. The predicted octanol–water partition coefficient (Wildman–Crippen LogP) is 2.95. The molecule has 0 aliphatic rings. The minimum absolute atomic E-state index is 0.0426. The number of rotatable bonds is 9. The van der Waals surface area contributed by atoms with E-state index in [2.05, 4.69) is 0 Å². The van der Waals surface area contributed by atoms with Gasteiger partial charge in [0.15, 0.2) is 0 Å². The number of hydrogen-bond acceptors (Lipinski definition) is 4. The molecule has 0 saturated heterocycles. The highest BCUT2D eigenvalue weighted by atomic mass is 16.5. The largest absolute Gasteiger partial charge is 0.497 e. The summed E-state index contributed by atoms with van der Waals surface area (Å²) in [5, 5.41) is 18.8. The van der Waals surface area contributed by atoms with Gasteiger partial charge < -0.3 is 19.7 Å². The Balaban J connectivity index is 2.22. The fourth-order valence-corrected chi connectivity index (χ4v) is 2.89.